The molecule has 0 amide bonds. The summed E-state index contributed by atoms with van der Waals surface area (Å²) in [5.41, 5.74) is 1.77. The van der Waals surface area contributed by atoms with E-state index in [-0.39, 0.29) is 17.5 Å². The monoisotopic (exact) mass is 324 g/mol. The number of nitrogens with zero attached hydrogens (tertiary/aromatic N) is 2. The Bertz CT molecular complexity index is 781. The number of hydrogen-bond donors (Lipinski definition) is 0. The summed E-state index contributed by atoms with van der Waals surface area (Å²) in [7, 11) is -2.99. The quantitative estimate of drug-likeness (QED) is 0.813. The van der Waals surface area contributed by atoms with Crippen molar-refractivity contribution in [3.8, 4) is 11.3 Å². The Hall–Kier alpha value is -1.66. The van der Waals surface area contributed by atoms with Gasteiger partial charge in [-0.05, 0) is 18.6 Å². The number of aldehydes is 1. The molecule has 21 heavy (non-hydrogen) atoms. The van der Waals surface area contributed by atoms with Crippen LogP contribution in [-0.2, 0) is 9.84 Å². The summed E-state index contributed by atoms with van der Waals surface area (Å²) < 4.78 is 24.7. The van der Waals surface area contributed by atoms with Gasteiger partial charge in [0.2, 0.25) is 0 Å². The Morgan fingerprint density at radius 1 is 1.29 bits per heavy atom. The molecule has 2 heterocycles. The standard InChI is InChI=1S/C14H13ClN2O3S/c15-12-3-1-10(2-4-12)14-11(8-18)7-17(16-14)13-5-6-21(19,20)9-13/h1-4,7-8,13H,5-6,9H2. The number of aromatic nitrogens is 2. The lowest BCUT2D eigenvalue weighted by Gasteiger charge is -2.07. The van der Waals surface area contributed by atoms with Gasteiger partial charge in [-0.2, -0.15) is 5.10 Å². The molecule has 2 aromatic rings. The molecule has 3 rings (SSSR count). The van der Waals surface area contributed by atoms with Crippen LogP contribution < -0.4 is 0 Å². The van der Waals surface area contributed by atoms with Crippen molar-refractivity contribution < 1.29 is 13.2 Å². The van der Waals surface area contributed by atoms with Gasteiger partial charge in [-0.3, -0.25) is 9.48 Å². The molecule has 1 aromatic carbocycles. The third kappa shape index (κ3) is 2.87. The summed E-state index contributed by atoms with van der Waals surface area (Å²) in [5.74, 6) is 0.247. The molecule has 0 spiro atoms. The van der Waals surface area contributed by atoms with Gasteiger partial charge in [0.1, 0.15) is 5.69 Å². The zero-order chi connectivity index (χ0) is 15.0. The van der Waals surface area contributed by atoms with Gasteiger partial charge in [-0.15, -0.1) is 0 Å². The highest BCUT2D eigenvalue weighted by Crippen LogP contribution is 2.28. The molecule has 0 radical (unpaired) electrons. The van der Waals surface area contributed by atoms with Gasteiger partial charge in [0, 0.05) is 16.8 Å². The summed E-state index contributed by atoms with van der Waals surface area (Å²) in [6.07, 6.45) is 2.88. The fraction of sp³-hybridized carbons (Fsp3) is 0.286. The first-order valence-electron chi connectivity index (χ1n) is 6.49. The normalized spacial score (nSPS) is 20.5. The second-order valence-electron chi connectivity index (χ2n) is 5.09. The minimum absolute atomic E-state index is 0.0764. The summed E-state index contributed by atoms with van der Waals surface area (Å²) >= 11 is 5.85. The number of carbonyl (C=O) groups excluding carboxylic acids is 1. The Balaban J connectivity index is 1.99. The van der Waals surface area contributed by atoms with Crippen LogP contribution in [0.5, 0.6) is 0 Å². The average molecular weight is 325 g/mol. The minimum atomic E-state index is -2.99. The van der Waals surface area contributed by atoms with Gasteiger partial charge in [0.15, 0.2) is 16.1 Å². The van der Waals surface area contributed by atoms with E-state index < -0.39 is 9.84 Å². The highest BCUT2D eigenvalue weighted by molar-refractivity contribution is 7.91. The number of sulfone groups is 1. The summed E-state index contributed by atoms with van der Waals surface area (Å²) in [5, 5.41) is 5.01. The smallest absolute Gasteiger partial charge is 0.153 e. The van der Waals surface area contributed by atoms with Crippen molar-refractivity contribution in [1.82, 2.24) is 9.78 Å². The Labute approximate surface area is 127 Å². The van der Waals surface area contributed by atoms with Crippen LogP contribution in [0.3, 0.4) is 0 Å². The minimum Gasteiger partial charge on any atom is -0.298 e. The van der Waals surface area contributed by atoms with Crippen LogP contribution in [-0.4, -0.2) is 36.0 Å². The molecule has 0 N–H and O–H groups in total. The number of carbonyl (C=O) groups is 1. The van der Waals surface area contributed by atoms with Crippen molar-refractivity contribution in [2.45, 2.75) is 12.5 Å². The van der Waals surface area contributed by atoms with Crippen molar-refractivity contribution in [2.24, 2.45) is 0 Å². The molecule has 0 bridgehead atoms. The van der Waals surface area contributed by atoms with E-state index in [1.807, 2.05) is 0 Å². The topological polar surface area (TPSA) is 69.0 Å². The maximum Gasteiger partial charge on any atom is 0.153 e. The van der Waals surface area contributed by atoms with Crippen molar-refractivity contribution >= 4 is 27.7 Å². The molecule has 7 heteroatoms. The maximum absolute atomic E-state index is 11.6. The van der Waals surface area contributed by atoms with Gasteiger partial charge < -0.3 is 0 Å². The second kappa shape index (κ2) is 5.27. The first-order chi connectivity index (χ1) is 9.98. The zero-order valence-corrected chi connectivity index (χ0v) is 12.6. The third-order valence-electron chi connectivity index (χ3n) is 3.59. The van der Waals surface area contributed by atoms with Crippen LogP contribution in [0.4, 0.5) is 0 Å². The number of hydrogen-bond acceptors (Lipinski definition) is 4. The molecule has 1 fully saturated rings. The summed E-state index contributed by atoms with van der Waals surface area (Å²) in [6, 6.07) is 6.82. The van der Waals surface area contributed by atoms with Crippen LogP contribution in [0.25, 0.3) is 11.3 Å². The first-order valence-corrected chi connectivity index (χ1v) is 8.69. The van der Waals surface area contributed by atoms with Gasteiger partial charge in [0.25, 0.3) is 0 Å². The van der Waals surface area contributed by atoms with Crippen molar-refractivity contribution in [3.63, 3.8) is 0 Å². The third-order valence-corrected chi connectivity index (χ3v) is 5.59. The van der Waals surface area contributed by atoms with E-state index in [0.29, 0.717) is 22.7 Å². The van der Waals surface area contributed by atoms with E-state index in [1.54, 1.807) is 35.1 Å². The molecule has 1 aromatic heterocycles. The molecular weight excluding hydrogens is 312 g/mol. The SMILES string of the molecule is O=Cc1cn(C2CCS(=O)(=O)C2)nc1-c1ccc(Cl)cc1. The molecule has 0 aliphatic carbocycles. The Morgan fingerprint density at radius 3 is 2.57 bits per heavy atom. The predicted molar refractivity (Wildman–Crippen MR) is 80.4 cm³/mol. The molecule has 110 valence electrons. The first kappa shape index (κ1) is 14.3. The highest BCUT2D eigenvalue weighted by atomic mass is 35.5. The highest BCUT2D eigenvalue weighted by Gasteiger charge is 2.30. The summed E-state index contributed by atoms with van der Waals surface area (Å²) in [4.78, 5) is 11.2. The van der Waals surface area contributed by atoms with E-state index in [4.69, 9.17) is 11.6 Å². The van der Waals surface area contributed by atoms with Crippen LogP contribution in [0.2, 0.25) is 5.02 Å². The lowest BCUT2D eigenvalue weighted by molar-refractivity contribution is 0.112. The van der Waals surface area contributed by atoms with E-state index in [0.717, 1.165) is 11.8 Å². The number of benzene rings is 1. The average Bonchev–Trinajstić information content (AvgIpc) is 3.02. The molecule has 5 nitrogen and oxygen atoms in total. The van der Waals surface area contributed by atoms with Gasteiger partial charge >= 0.3 is 0 Å². The van der Waals surface area contributed by atoms with E-state index in [2.05, 4.69) is 5.10 Å². The molecule has 1 aliphatic heterocycles. The summed E-state index contributed by atoms with van der Waals surface area (Å²) in [6.45, 7) is 0. The van der Waals surface area contributed by atoms with Crippen LogP contribution in [0.1, 0.15) is 22.8 Å². The lowest BCUT2D eigenvalue weighted by Crippen LogP contribution is -2.11. The largest absolute Gasteiger partial charge is 0.298 e. The lowest BCUT2D eigenvalue weighted by atomic mass is 10.1. The van der Waals surface area contributed by atoms with Crippen molar-refractivity contribution in [3.05, 3.63) is 41.0 Å². The van der Waals surface area contributed by atoms with Gasteiger partial charge in [0.05, 0.1) is 23.1 Å². The Kier molecular flexibility index (Phi) is 3.59. The molecule has 1 unspecified atom stereocenters. The van der Waals surface area contributed by atoms with Gasteiger partial charge in [-0.1, -0.05) is 23.7 Å². The van der Waals surface area contributed by atoms with Crippen LogP contribution in [0.15, 0.2) is 30.5 Å². The number of rotatable bonds is 3. The van der Waals surface area contributed by atoms with Crippen molar-refractivity contribution in [1.29, 1.82) is 0 Å². The van der Waals surface area contributed by atoms with E-state index >= 15 is 0 Å². The second-order valence-corrected chi connectivity index (χ2v) is 7.76. The van der Waals surface area contributed by atoms with Crippen molar-refractivity contribution in [2.75, 3.05) is 11.5 Å². The van der Waals surface area contributed by atoms with E-state index in [9.17, 15) is 13.2 Å². The molecule has 1 saturated heterocycles. The van der Waals surface area contributed by atoms with Gasteiger partial charge in [-0.25, -0.2) is 8.42 Å². The van der Waals surface area contributed by atoms with Crippen LogP contribution in [0, 0.1) is 0 Å². The van der Waals surface area contributed by atoms with E-state index in [1.165, 1.54) is 0 Å². The maximum atomic E-state index is 11.6. The predicted octanol–water partition coefficient (Wildman–Crippen LogP) is 2.38. The fourth-order valence-corrected chi connectivity index (χ4v) is 4.32. The molecular formula is C14H13ClN2O3S. The fourth-order valence-electron chi connectivity index (χ4n) is 2.50. The van der Waals surface area contributed by atoms with Crippen LogP contribution >= 0.6 is 11.6 Å². The zero-order valence-electron chi connectivity index (χ0n) is 11.1. The number of halogens is 1. The molecule has 1 atom stereocenters. The Morgan fingerprint density at radius 2 is 2.00 bits per heavy atom. The molecule has 0 saturated carbocycles. The molecule has 1 aliphatic rings.